The van der Waals surface area contributed by atoms with E-state index in [1.165, 1.54) is 12.8 Å². The second kappa shape index (κ2) is 6.49. The Labute approximate surface area is 120 Å². The van der Waals surface area contributed by atoms with Gasteiger partial charge in [0.1, 0.15) is 6.10 Å². The Bertz CT molecular complexity index is 319. The molecule has 0 radical (unpaired) electrons. The summed E-state index contributed by atoms with van der Waals surface area (Å²) in [7, 11) is 0. The van der Waals surface area contributed by atoms with Gasteiger partial charge in [-0.2, -0.15) is 0 Å². The minimum atomic E-state index is -0.403. The monoisotopic (exact) mass is 286 g/mol. The molecule has 0 bridgehead atoms. The number of thioether (sulfide) groups is 1. The number of ether oxygens (including phenoxy) is 2. The smallest absolute Gasteiger partial charge is 0.346 e. The van der Waals surface area contributed by atoms with Gasteiger partial charge in [-0.05, 0) is 37.5 Å². The summed E-state index contributed by atoms with van der Waals surface area (Å²) in [5, 5.41) is 0. The molecule has 0 aromatic rings. The van der Waals surface area contributed by atoms with Crippen molar-refractivity contribution in [2.24, 2.45) is 17.8 Å². The molecule has 1 aliphatic carbocycles. The molecule has 2 rings (SSSR count). The van der Waals surface area contributed by atoms with E-state index in [4.69, 9.17) is 9.47 Å². The van der Waals surface area contributed by atoms with E-state index in [1.54, 1.807) is 11.8 Å². The molecule has 3 nitrogen and oxygen atoms in total. The van der Waals surface area contributed by atoms with E-state index in [1.807, 2.05) is 6.92 Å². The lowest BCUT2D eigenvalue weighted by Crippen LogP contribution is -2.38. The largest absolute Gasteiger partial charge is 0.459 e. The van der Waals surface area contributed by atoms with Crippen LogP contribution in [0.15, 0.2) is 0 Å². The van der Waals surface area contributed by atoms with Crippen LogP contribution in [-0.4, -0.2) is 29.4 Å². The van der Waals surface area contributed by atoms with Gasteiger partial charge in [0.05, 0.1) is 6.10 Å². The maximum atomic E-state index is 12.2. The summed E-state index contributed by atoms with van der Waals surface area (Å²) in [6.45, 7) is 8.70. The summed E-state index contributed by atoms with van der Waals surface area (Å²) < 4.78 is 11.4. The molecule has 2 fully saturated rings. The average molecular weight is 286 g/mol. The van der Waals surface area contributed by atoms with Crippen molar-refractivity contribution in [3.8, 4) is 0 Å². The number of esters is 1. The number of carbonyl (C=O) groups is 1. The summed E-state index contributed by atoms with van der Waals surface area (Å²) in [6.07, 6.45) is 3.67. The van der Waals surface area contributed by atoms with Crippen molar-refractivity contribution in [1.82, 2.24) is 0 Å². The Morgan fingerprint density at radius 3 is 2.63 bits per heavy atom. The standard InChI is InChI=1S/C15H26O3S/c1-9(2)12-6-5-10(3)7-13(12)18-14(16)15-17-11(4)8-19-15/h9-13,15H,5-8H2,1-4H3/t10-,11?,12?,13-,15-/m1/s1. The van der Waals surface area contributed by atoms with Crippen LogP contribution in [-0.2, 0) is 14.3 Å². The van der Waals surface area contributed by atoms with Crippen LogP contribution in [0.3, 0.4) is 0 Å². The molecule has 0 aromatic carbocycles. The molecule has 4 heteroatoms. The molecule has 0 amide bonds. The molecule has 19 heavy (non-hydrogen) atoms. The van der Waals surface area contributed by atoms with E-state index in [0.717, 1.165) is 12.2 Å². The topological polar surface area (TPSA) is 35.5 Å². The first-order chi connectivity index (χ1) is 8.97. The van der Waals surface area contributed by atoms with Crippen molar-refractivity contribution >= 4 is 17.7 Å². The average Bonchev–Trinajstić information content (AvgIpc) is 2.75. The van der Waals surface area contributed by atoms with Gasteiger partial charge in [0.2, 0.25) is 5.44 Å². The van der Waals surface area contributed by atoms with Gasteiger partial charge in [-0.15, -0.1) is 11.8 Å². The van der Waals surface area contributed by atoms with E-state index in [0.29, 0.717) is 17.8 Å². The normalized spacial score (nSPS) is 39.5. The van der Waals surface area contributed by atoms with Crippen LogP contribution >= 0.6 is 11.8 Å². The summed E-state index contributed by atoms with van der Waals surface area (Å²) in [4.78, 5) is 12.2. The lowest BCUT2D eigenvalue weighted by atomic mass is 9.75. The zero-order valence-corrected chi connectivity index (χ0v) is 13.2. The van der Waals surface area contributed by atoms with E-state index >= 15 is 0 Å². The van der Waals surface area contributed by atoms with Gasteiger partial charge in [0.15, 0.2) is 0 Å². The summed E-state index contributed by atoms with van der Waals surface area (Å²) >= 11 is 1.56. The Morgan fingerprint density at radius 1 is 1.32 bits per heavy atom. The maximum absolute atomic E-state index is 12.2. The molecule has 1 saturated heterocycles. The van der Waals surface area contributed by atoms with E-state index in [2.05, 4.69) is 20.8 Å². The molecule has 0 spiro atoms. The predicted molar refractivity (Wildman–Crippen MR) is 78.0 cm³/mol. The minimum absolute atomic E-state index is 0.0800. The molecule has 2 unspecified atom stereocenters. The maximum Gasteiger partial charge on any atom is 0.346 e. The molecule has 2 aliphatic rings. The highest BCUT2D eigenvalue weighted by Crippen LogP contribution is 2.36. The molecule has 0 aromatic heterocycles. The lowest BCUT2D eigenvalue weighted by molar-refractivity contribution is -0.164. The fourth-order valence-electron chi connectivity index (χ4n) is 3.09. The van der Waals surface area contributed by atoms with Crippen LogP contribution in [0.4, 0.5) is 0 Å². The Balaban J connectivity index is 1.92. The first kappa shape index (κ1) is 15.2. The Hall–Kier alpha value is -0.220. The molecule has 1 saturated carbocycles. The molecular formula is C15H26O3S. The Morgan fingerprint density at radius 2 is 2.05 bits per heavy atom. The third-order valence-corrected chi connectivity index (χ3v) is 5.53. The SMILES string of the molecule is CC1CS[C@H](C(=O)O[C@@H]2C[C@H](C)CCC2C(C)C)O1. The molecule has 5 atom stereocenters. The highest BCUT2D eigenvalue weighted by molar-refractivity contribution is 8.00. The highest BCUT2D eigenvalue weighted by atomic mass is 32.2. The van der Waals surface area contributed by atoms with Gasteiger partial charge in [0.25, 0.3) is 0 Å². The van der Waals surface area contributed by atoms with Crippen LogP contribution in [0, 0.1) is 17.8 Å². The van der Waals surface area contributed by atoms with Crippen LogP contribution in [0.5, 0.6) is 0 Å². The summed E-state index contributed by atoms with van der Waals surface area (Å²) in [5.41, 5.74) is -0.403. The quantitative estimate of drug-likeness (QED) is 0.744. The van der Waals surface area contributed by atoms with Crippen molar-refractivity contribution < 1.29 is 14.3 Å². The number of carbonyl (C=O) groups excluding carboxylic acids is 1. The molecule has 0 N–H and O–H groups in total. The lowest BCUT2D eigenvalue weighted by Gasteiger charge is -2.37. The van der Waals surface area contributed by atoms with Crippen molar-refractivity contribution in [3.63, 3.8) is 0 Å². The zero-order valence-electron chi connectivity index (χ0n) is 12.4. The van der Waals surface area contributed by atoms with Crippen LogP contribution in [0.25, 0.3) is 0 Å². The van der Waals surface area contributed by atoms with Crippen molar-refractivity contribution in [3.05, 3.63) is 0 Å². The third kappa shape index (κ3) is 3.88. The predicted octanol–water partition coefficient (Wildman–Crippen LogP) is 3.47. The molecule has 110 valence electrons. The van der Waals surface area contributed by atoms with Gasteiger partial charge >= 0.3 is 5.97 Å². The number of rotatable bonds is 3. The number of hydrogen-bond donors (Lipinski definition) is 0. The van der Waals surface area contributed by atoms with Crippen molar-refractivity contribution in [2.45, 2.75) is 64.6 Å². The molecule has 1 heterocycles. The molecular weight excluding hydrogens is 260 g/mol. The second-order valence-corrected chi connectivity index (χ2v) is 7.51. The van der Waals surface area contributed by atoms with Crippen LogP contribution in [0.1, 0.15) is 47.0 Å². The van der Waals surface area contributed by atoms with Gasteiger partial charge in [-0.1, -0.05) is 27.2 Å². The molecule has 1 aliphatic heterocycles. The first-order valence-electron chi connectivity index (χ1n) is 7.45. The van der Waals surface area contributed by atoms with Crippen LogP contribution in [0.2, 0.25) is 0 Å². The Kier molecular flexibility index (Phi) is 5.18. The first-order valence-corrected chi connectivity index (χ1v) is 8.49. The fourth-order valence-corrected chi connectivity index (χ4v) is 4.08. The zero-order chi connectivity index (χ0) is 14.0. The van der Waals surface area contributed by atoms with Crippen molar-refractivity contribution in [2.75, 3.05) is 5.75 Å². The van der Waals surface area contributed by atoms with Crippen molar-refractivity contribution in [1.29, 1.82) is 0 Å². The van der Waals surface area contributed by atoms with E-state index in [9.17, 15) is 4.79 Å². The summed E-state index contributed by atoms with van der Waals surface area (Å²) in [6, 6.07) is 0. The van der Waals surface area contributed by atoms with Crippen LogP contribution < -0.4 is 0 Å². The fraction of sp³-hybridized carbons (Fsp3) is 0.933. The minimum Gasteiger partial charge on any atom is -0.459 e. The highest BCUT2D eigenvalue weighted by Gasteiger charge is 2.37. The number of hydrogen-bond acceptors (Lipinski definition) is 4. The van der Waals surface area contributed by atoms with Gasteiger partial charge in [-0.25, -0.2) is 4.79 Å². The summed E-state index contributed by atoms with van der Waals surface area (Å²) in [5.74, 6) is 2.45. The van der Waals surface area contributed by atoms with Gasteiger partial charge < -0.3 is 9.47 Å². The third-order valence-electron chi connectivity index (χ3n) is 4.26. The van der Waals surface area contributed by atoms with E-state index in [-0.39, 0.29) is 18.2 Å². The second-order valence-electron chi connectivity index (χ2n) is 6.41. The van der Waals surface area contributed by atoms with Gasteiger partial charge in [0, 0.05) is 5.75 Å². The van der Waals surface area contributed by atoms with E-state index < -0.39 is 5.44 Å². The van der Waals surface area contributed by atoms with Gasteiger partial charge in [-0.3, -0.25) is 0 Å².